The molecule has 4 rings (SSSR count). The van der Waals surface area contributed by atoms with Crippen LogP contribution in [0.25, 0.3) is 0 Å². The Balaban J connectivity index is 1.50. The molecule has 3 aromatic rings. The Hall–Kier alpha value is -3.19. The lowest BCUT2D eigenvalue weighted by atomic mass is 9.90. The maximum Gasteiger partial charge on any atom is 0.257 e. The summed E-state index contributed by atoms with van der Waals surface area (Å²) in [5, 5.41) is 6.46. The molecule has 6 nitrogen and oxygen atoms in total. The van der Waals surface area contributed by atoms with Crippen LogP contribution in [-0.4, -0.2) is 23.9 Å². The van der Waals surface area contributed by atoms with E-state index in [2.05, 4.69) is 21.7 Å². The number of hydrogen-bond donors (Lipinski definition) is 2. The summed E-state index contributed by atoms with van der Waals surface area (Å²) in [7, 11) is 1.59. The van der Waals surface area contributed by atoms with Gasteiger partial charge in [0.2, 0.25) is 5.91 Å². The normalized spacial score (nSPS) is 15.1. The molecule has 1 atom stereocenters. The van der Waals surface area contributed by atoms with Crippen LogP contribution in [0.4, 0.5) is 10.8 Å². The summed E-state index contributed by atoms with van der Waals surface area (Å²) in [5.41, 5.74) is 4.33. The van der Waals surface area contributed by atoms with Gasteiger partial charge in [0.1, 0.15) is 5.75 Å². The van der Waals surface area contributed by atoms with Crippen LogP contribution in [0.2, 0.25) is 0 Å². The molecule has 0 radical (unpaired) electrons. The van der Waals surface area contributed by atoms with Gasteiger partial charge in [-0.15, -0.1) is 11.3 Å². The van der Waals surface area contributed by atoms with E-state index in [1.807, 2.05) is 26.0 Å². The van der Waals surface area contributed by atoms with Gasteiger partial charge in [0.05, 0.1) is 18.7 Å². The number of amides is 2. The van der Waals surface area contributed by atoms with Crippen molar-refractivity contribution < 1.29 is 14.3 Å². The van der Waals surface area contributed by atoms with Gasteiger partial charge in [0.15, 0.2) is 5.13 Å². The summed E-state index contributed by atoms with van der Waals surface area (Å²) >= 11 is 1.45. The van der Waals surface area contributed by atoms with Crippen LogP contribution in [0, 0.1) is 13.8 Å². The maximum atomic E-state index is 13.0. The number of nitrogens with one attached hydrogen (secondary N) is 2. The van der Waals surface area contributed by atoms with Gasteiger partial charge >= 0.3 is 0 Å². The Labute approximate surface area is 185 Å². The molecule has 1 unspecified atom stereocenters. The molecule has 2 amide bonds. The van der Waals surface area contributed by atoms with E-state index in [-0.39, 0.29) is 17.7 Å². The van der Waals surface area contributed by atoms with Crippen LogP contribution in [0.15, 0.2) is 42.5 Å². The van der Waals surface area contributed by atoms with Crippen molar-refractivity contribution in [3.8, 4) is 5.75 Å². The van der Waals surface area contributed by atoms with Gasteiger partial charge in [-0.3, -0.25) is 14.9 Å². The Bertz CT molecular complexity index is 1120. The van der Waals surface area contributed by atoms with Crippen molar-refractivity contribution in [1.29, 1.82) is 0 Å². The van der Waals surface area contributed by atoms with E-state index >= 15 is 0 Å². The van der Waals surface area contributed by atoms with E-state index in [1.54, 1.807) is 31.4 Å². The van der Waals surface area contributed by atoms with Gasteiger partial charge in [0, 0.05) is 16.1 Å². The second-order valence-corrected chi connectivity index (χ2v) is 8.85. The lowest BCUT2D eigenvalue weighted by molar-refractivity contribution is -0.117. The van der Waals surface area contributed by atoms with Gasteiger partial charge in [0.25, 0.3) is 5.91 Å². The predicted molar refractivity (Wildman–Crippen MR) is 123 cm³/mol. The highest BCUT2D eigenvalue weighted by Crippen LogP contribution is 2.37. The number of anilines is 2. The summed E-state index contributed by atoms with van der Waals surface area (Å²) in [4.78, 5) is 31.3. The van der Waals surface area contributed by atoms with Crippen molar-refractivity contribution >= 4 is 34.0 Å². The van der Waals surface area contributed by atoms with Crippen LogP contribution in [-0.2, 0) is 11.2 Å². The number of benzene rings is 2. The van der Waals surface area contributed by atoms with E-state index in [0.717, 1.165) is 46.6 Å². The second kappa shape index (κ2) is 8.89. The van der Waals surface area contributed by atoms with Crippen LogP contribution < -0.4 is 15.4 Å². The average molecular weight is 436 g/mol. The predicted octanol–water partition coefficient (Wildman–Crippen LogP) is 5.08. The minimum Gasteiger partial charge on any atom is -0.497 e. The molecule has 0 spiro atoms. The maximum absolute atomic E-state index is 13.0. The third kappa shape index (κ3) is 4.61. The van der Waals surface area contributed by atoms with Gasteiger partial charge in [-0.1, -0.05) is 17.7 Å². The Morgan fingerprint density at radius 3 is 2.58 bits per heavy atom. The van der Waals surface area contributed by atoms with Crippen molar-refractivity contribution in [2.75, 3.05) is 17.7 Å². The molecule has 7 heteroatoms. The number of nitrogens with zero attached hydrogens (tertiary/aromatic N) is 1. The summed E-state index contributed by atoms with van der Waals surface area (Å²) in [6.45, 7) is 4.02. The van der Waals surface area contributed by atoms with E-state index < -0.39 is 0 Å². The highest BCUT2D eigenvalue weighted by atomic mass is 32.1. The molecule has 1 aliphatic rings. The number of methoxy groups -OCH3 is 1. The number of carbonyl (C=O) groups excluding carboxylic acids is 2. The third-order valence-corrected chi connectivity index (χ3v) is 6.53. The summed E-state index contributed by atoms with van der Waals surface area (Å²) in [6, 6.07) is 12.9. The number of aromatic nitrogens is 1. The van der Waals surface area contributed by atoms with E-state index in [9.17, 15) is 9.59 Å². The molecular weight excluding hydrogens is 410 g/mol. The summed E-state index contributed by atoms with van der Waals surface area (Å²) in [6.07, 6.45) is 2.55. The van der Waals surface area contributed by atoms with Crippen molar-refractivity contribution in [2.24, 2.45) is 0 Å². The Kier molecular flexibility index (Phi) is 6.04. The zero-order chi connectivity index (χ0) is 22.0. The molecule has 0 aliphatic heterocycles. The monoisotopic (exact) mass is 435 g/mol. The molecule has 0 saturated heterocycles. The molecule has 0 saturated carbocycles. The largest absolute Gasteiger partial charge is 0.497 e. The topological polar surface area (TPSA) is 80.3 Å². The minimum atomic E-state index is -0.313. The van der Waals surface area contributed by atoms with E-state index in [0.29, 0.717) is 16.4 Å². The zero-order valence-corrected chi connectivity index (χ0v) is 18.6. The highest BCUT2D eigenvalue weighted by molar-refractivity contribution is 7.16. The number of carbonyl (C=O) groups is 2. The molecule has 0 bridgehead atoms. The third-order valence-electron chi connectivity index (χ3n) is 5.48. The van der Waals surface area contributed by atoms with Crippen LogP contribution >= 0.6 is 11.3 Å². The van der Waals surface area contributed by atoms with Crippen LogP contribution in [0.1, 0.15) is 50.8 Å². The molecule has 31 heavy (non-hydrogen) atoms. The van der Waals surface area contributed by atoms with E-state index in [1.165, 1.54) is 11.3 Å². The first kappa shape index (κ1) is 21.1. The van der Waals surface area contributed by atoms with Crippen molar-refractivity contribution in [3.63, 3.8) is 0 Å². The van der Waals surface area contributed by atoms with Gasteiger partial charge in [-0.2, -0.15) is 0 Å². The molecule has 2 N–H and O–H groups in total. The molecule has 1 aromatic heterocycles. The van der Waals surface area contributed by atoms with Gasteiger partial charge < -0.3 is 10.1 Å². The average Bonchev–Trinajstić information content (AvgIpc) is 3.18. The van der Waals surface area contributed by atoms with Crippen LogP contribution in [0.5, 0.6) is 5.75 Å². The molecular formula is C24H25N3O3S. The lowest BCUT2D eigenvalue weighted by Crippen LogP contribution is -2.25. The molecule has 2 aromatic carbocycles. The fourth-order valence-electron chi connectivity index (χ4n) is 3.81. The van der Waals surface area contributed by atoms with Gasteiger partial charge in [-0.25, -0.2) is 4.98 Å². The number of hydrogen-bond acceptors (Lipinski definition) is 5. The highest BCUT2D eigenvalue weighted by Gasteiger charge is 2.31. The number of rotatable bonds is 5. The minimum absolute atomic E-state index is 0.0498. The molecule has 1 aliphatic carbocycles. The lowest BCUT2D eigenvalue weighted by Gasteiger charge is -2.21. The SMILES string of the molecule is COc1ccc(C(=O)Nc2nc3c(s2)CCCC3C(=O)Nc2ccc(C)cc2C)cc1. The first-order chi connectivity index (χ1) is 14.9. The number of fused-ring (bicyclic) bond motifs is 1. The number of thiazole rings is 1. The van der Waals surface area contributed by atoms with Crippen LogP contribution in [0.3, 0.4) is 0 Å². The quantitative estimate of drug-likeness (QED) is 0.586. The zero-order valence-electron chi connectivity index (χ0n) is 17.8. The Morgan fingerprint density at radius 1 is 1.10 bits per heavy atom. The summed E-state index contributed by atoms with van der Waals surface area (Å²) < 4.78 is 5.13. The van der Waals surface area contributed by atoms with E-state index in [4.69, 9.17) is 4.74 Å². The molecule has 1 heterocycles. The van der Waals surface area contributed by atoms with Crippen molar-refractivity contribution in [2.45, 2.75) is 39.0 Å². The second-order valence-electron chi connectivity index (χ2n) is 7.76. The first-order valence-electron chi connectivity index (χ1n) is 10.3. The Morgan fingerprint density at radius 2 is 1.87 bits per heavy atom. The molecule has 0 fully saturated rings. The smallest absolute Gasteiger partial charge is 0.257 e. The fraction of sp³-hybridized carbons (Fsp3) is 0.292. The van der Waals surface area contributed by atoms with Crippen molar-refractivity contribution in [3.05, 3.63) is 69.7 Å². The standard InChI is InChI=1S/C24H25N3O3S/c1-14-7-12-19(15(2)13-14)25-23(29)18-5-4-6-20-21(18)26-24(31-20)27-22(28)16-8-10-17(30-3)11-9-16/h7-13,18H,4-6H2,1-3H3,(H,25,29)(H,26,27,28). The van der Waals surface area contributed by atoms with Crippen molar-refractivity contribution in [1.82, 2.24) is 4.98 Å². The number of ether oxygens (including phenoxy) is 1. The first-order valence-corrected chi connectivity index (χ1v) is 11.1. The fourth-order valence-corrected chi connectivity index (χ4v) is 4.87. The summed E-state index contributed by atoms with van der Waals surface area (Å²) in [5.74, 6) is 0.0996. The molecule has 160 valence electrons. The van der Waals surface area contributed by atoms with Gasteiger partial charge in [-0.05, 0) is 69.0 Å². The number of aryl methyl sites for hydroxylation is 3.